The molecule has 1 aromatic carbocycles. The van der Waals surface area contributed by atoms with Crippen LogP contribution in [0.4, 0.5) is 0 Å². The van der Waals surface area contributed by atoms with Crippen molar-refractivity contribution in [2.24, 2.45) is 0 Å². The summed E-state index contributed by atoms with van der Waals surface area (Å²) in [6.45, 7) is 1.90. The first kappa shape index (κ1) is 13.1. The van der Waals surface area contributed by atoms with Gasteiger partial charge in [0.15, 0.2) is 0 Å². The number of carbonyl (C=O) groups excluding carboxylic acids is 1. The van der Waals surface area contributed by atoms with Gasteiger partial charge < -0.3 is 10.1 Å². The molecule has 0 unspecified atom stereocenters. The van der Waals surface area contributed by atoms with E-state index >= 15 is 0 Å². The number of carbonyl (C=O) groups is 1. The molecule has 0 atom stereocenters. The molecule has 0 spiro atoms. The van der Waals surface area contributed by atoms with Crippen molar-refractivity contribution >= 4 is 17.6 Å². The topological polar surface area (TPSA) is 38.3 Å². The van der Waals surface area contributed by atoms with Crippen LogP contribution in [0.25, 0.3) is 0 Å². The Hall–Kier alpha value is -1.32. The molecule has 1 aliphatic heterocycles. The average molecular weight is 266 g/mol. The van der Waals surface area contributed by atoms with E-state index in [1.54, 1.807) is 24.3 Å². The maximum atomic E-state index is 11.7. The molecule has 0 amide bonds. The molecule has 0 aromatic heterocycles. The fourth-order valence-corrected chi connectivity index (χ4v) is 2.03. The van der Waals surface area contributed by atoms with Gasteiger partial charge in [0.25, 0.3) is 0 Å². The van der Waals surface area contributed by atoms with Crippen LogP contribution >= 0.6 is 11.6 Å². The van der Waals surface area contributed by atoms with Crippen molar-refractivity contribution < 1.29 is 9.53 Å². The Kier molecular flexibility index (Phi) is 4.79. The van der Waals surface area contributed by atoms with Gasteiger partial charge in [-0.2, -0.15) is 0 Å². The van der Waals surface area contributed by atoms with E-state index in [-0.39, 0.29) is 5.97 Å². The third-order valence-corrected chi connectivity index (χ3v) is 3.13. The predicted molar refractivity (Wildman–Crippen MR) is 71.9 cm³/mol. The Morgan fingerprint density at radius 3 is 2.94 bits per heavy atom. The molecule has 1 N–H and O–H groups in total. The lowest BCUT2D eigenvalue weighted by Crippen LogP contribution is -2.22. The smallest absolute Gasteiger partial charge is 0.311 e. The van der Waals surface area contributed by atoms with Crippen LogP contribution in [0, 0.1) is 0 Å². The van der Waals surface area contributed by atoms with Crippen LogP contribution in [-0.4, -0.2) is 19.1 Å². The number of hydrogen-bond donors (Lipinski definition) is 1. The molecule has 96 valence electrons. The highest BCUT2D eigenvalue weighted by Gasteiger charge is 2.10. The molecule has 0 saturated carbocycles. The Balaban J connectivity index is 1.82. The van der Waals surface area contributed by atoms with Gasteiger partial charge in [-0.25, -0.2) is 0 Å². The maximum Gasteiger partial charge on any atom is 0.311 e. The molecule has 2 rings (SSSR count). The van der Waals surface area contributed by atoms with E-state index in [0.717, 1.165) is 25.9 Å². The van der Waals surface area contributed by atoms with Crippen molar-refractivity contribution in [2.75, 3.05) is 13.1 Å². The van der Waals surface area contributed by atoms with Crippen LogP contribution in [0.3, 0.4) is 0 Å². The second-order valence-corrected chi connectivity index (χ2v) is 4.64. The Bertz CT molecular complexity index is 457. The minimum Gasteiger partial charge on any atom is -0.425 e. The Morgan fingerprint density at radius 1 is 1.39 bits per heavy atom. The number of nitrogens with one attached hydrogen (secondary N) is 1. The van der Waals surface area contributed by atoms with E-state index in [9.17, 15) is 4.79 Å². The number of rotatable bonds is 4. The number of ether oxygens (including phenoxy) is 1. The number of benzene rings is 1. The lowest BCUT2D eigenvalue weighted by molar-refractivity contribution is -0.134. The van der Waals surface area contributed by atoms with Gasteiger partial charge in [-0.05, 0) is 31.5 Å². The molecule has 3 nitrogen and oxygen atoms in total. The average Bonchev–Trinajstić information content (AvgIpc) is 2.40. The lowest BCUT2D eigenvalue weighted by Gasteiger charge is -2.13. The van der Waals surface area contributed by atoms with E-state index in [4.69, 9.17) is 16.3 Å². The third kappa shape index (κ3) is 3.86. The number of hydrogen-bond acceptors (Lipinski definition) is 3. The molecule has 1 aromatic rings. The van der Waals surface area contributed by atoms with Gasteiger partial charge in [0.1, 0.15) is 5.75 Å². The van der Waals surface area contributed by atoms with Gasteiger partial charge in [0.05, 0.1) is 5.02 Å². The van der Waals surface area contributed by atoms with Crippen molar-refractivity contribution in [3.8, 4) is 5.75 Å². The van der Waals surface area contributed by atoms with Crippen molar-refractivity contribution in [2.45, 2.75) is 19.3 Å². The summed E-state index contributed by atoms with van der Waals surface area (Å²) in [6, 6.07) is 7.00. The molecule has 0 radical (unpaired) electrons. The maximum absolute atomic E-state index is 11.7. The zero-order chi connectivity index (χ0) is 12.8. The molecule has 0 saturated heterocycles. The standard InChI is InChI=1S/C14H16ClNO2/c15-12-5-1-2-6-13(12)18-14(17)8-7-11-4-3-9-16-10-11/h1-2,4-6,16H,3,7-10H2. The van der Waals surface area contributed by atoms with Gasteiger partial charge in [0, 0.05) is 13.0 Å². The first-order chi connectivity index (χ1) is 8.75. The van der Waals surface area contributed by atoms with Crippen LogP contribution in [0.2, 0.25) is 5.02 Å². The zero-order valence-corrected chi connectivity index (χ0v) is 10.9. The van der Waals surface area contributed by atoms with Crippen molar-refractivity contribution in [3.05, 3.63) is 40.9 Å². The molecule has 0 fully saturated rings. The summed E-state index contributed by atoms with van der Waals surface area (Å²) in [5, 5.41) is 3.74. The first-order valence-corrected chi connectivity index (χ1v) is 6.47. The van der Waals surface area contributed by atoms with Gasteiger partial charge in [0.2, 0.25) is 0 Å². The summed E-state index contributed by atoms with van der Waals surface area (Å²) in [5.41, 5.74) is 1.28. The van der Waals surface area contributed by atoms with Crippen LogP contribution < -0.4 is 10.1 Å². The van der Waals surface area contributed by atoms with E-state index in [1.807, 2.05) is 0 Å². The Morgan fingerprint density at radius 2 is 2.22 bits per heavy atom. The Labute approximate surface area is 112 Å². The number of halogens is 1. The highest BCUT2D eigenvalue weighted by molar-refractivity contribution is 6.32. The second kappa shape index (κ2) is 6.57. The minimum atomic E-state index is -0.241. The summed E-state index contributed by atoms with van der Waals surface area (Å²) < 4.78 is 5.22. The van der Waals surface area contributed by atoms with Crippen LogP contribution in [0.1, 0.15) is 19.3 Å². The molecule has 4 heteroatoms. The van der Waals surface area contributed by atoms with Gasteiger partial charge >= 0.3 is 5.97 Å². The quantitative estimate of drug-likeness (QED) is 0.517. The van der Waals surface area contributed by atoms with Crippen molar-refractivity contribution in [1.82, 2.24) is 5.32 Å². The third-order valence-electron chi connectivity index (χ3n) is 2.82. The van der Waals surface area contributed by atoms with Crippen LogP contribution in [0.5, 0.6) is 5.75 Å². The molecule has 0 aliphatic carbocycles. The summed E-state index contributed by atoms with van der Waals surface area (Å²) in [6.07, 6.45) is 4.36. The van der Waals surface area contributed by atoms with Gasteiger partial charge in [-0.3, -0.25) is 4.79 Å². The molecule has 1 heterocycles. The first-order valence-electron chi connectivity index (χ1n) is 6.09. The normalized spacial score (nSPS) is 15.1. The van der Waals surface area contributed by atoms with Crippen LogP contribution in [-0.2, 0) is 4.79 Å². The minimum absolute atomic E-state index is 0.241. The molecule has 1 aliphatic rings. The highest BCUT2D eigenvalue weighted by Crippen LogP contribution is 2.23. The second-order valence-electron chi connectivity index (χ2n) is 4.23. The van der Waals surface area contributed by atoms with Crippen molar-refractivity contribution in [3.63, 3.8) is 0 Å². The predicted octanol–water partition coefficient (Wildman–Crippen LogP) is 2.95. The summed E-state index contributed by atoms with van der Waals surface area (Å²) in [7, 11) is 0. The van der Waals surface area contributed by atoms with Gasteiger partial charge in [-0.1, -0.05) is 35.4 Å². The summed E-state index contributed by atoms with van der Waals surface area (Å²) in [4.78, 5) is 11.7. The number of esters is 1. The summed E-state index contributed by atoms with van der Waals surface area (Å²) in [5.74, 6) is 0.189. The highest BCUT2D eigenvalue weighted by atomic mass is 35.5. The molecular weight excluding hydrogens is 250 g/mol. The lowest BCUT2D eigenvalue weighted by atomic mass is 10.1. The van der Waals surface area contributed by atoms with Gasteiger partial charge in [-0.15, -0.1) is 0 Å². The van der Waals surface area contributed by atoms with E-state index in [1.165, 1.54) is 5.57 Å². The monoisotopic (exact) mass is 265 g/mol. The summed E-state index contributed by atoms with van der Waals surface area (Å²) >= 11 is 5.92. The molecule has 18 heavy (non-hydrogen) atoms. The molecule has 0 bridgehead atoms. The van der Waals surface area contributed by atoms with Crippen LogP contribution in [0.15, 0.2) is 35.9 Å². The van der Waals surface area contributed by atoms with E-state index < -0.39 is 0 Å². The fourth-order valence-electron chi connectivity index (χ4n) is 1.85. The van der Waals surface area contributed by atoms with E-state index in [2.05, 4.69) is 11.4 Å². The van der Waals surface area contributed by atoms with Crippen molar-refractivity contribution in [1.29, 1.82) is 0 Å². The number of para-hydroxylation sites is 1. The largest absolute Gasteiger partial charge is 0.425 e. The molecular formula is C14H16ClNO2. The fraction of sp³-hybridized carbons (Fsp3) is 0.357. The SMILES string of the molecule is O=C(CCC1=CCCNC1)Oc1ccccc1Cl. The van der Waals surface area contributed by atoms with E-state index in [0.29, 0.717) is 17.2 Å². The zero-order valence-electron chi connectivity index (χ0n) is 10.1.